The number of ether oxygens (including phenoxy) is 3. The molecule has 2 aromatic rings. The Labute approximate surface area is 214 Å². The predicted molar refractivity (Wildman–Crippen MR) is 135 cm³/mol. The van der Waals surface area contributed by atoms with E-state index in [-0.39, 0.29) is 18.5 Å². The van der Waals surface area contributed by atoms with E-state index in [9.17, 15) is 9.59 Å². The average Bonchev–Trinajstić information content (AvgIpc) is 3.61. The number of carbonyl (C=O) groups excluding carboxylic acids is 2. The molecule has 2 fully saturated rings. The molecule has 1 saturated carbocycles. The molecule has 2 heterocycles. The fourth-order valence-corrected chi connectivity index (χ4v) is 4.78. The van der Waals surface area contributed by atoms with Crippen LogP contribution in [0.5, 0.6) is 0 Å². The van der Waals surface area contributed by atoms with Crippen LogP contribution in [0.15, 0.2) is 22.8 Å². The molecule has 0 N–H and O–H groups in total. The Morgan fingerprint density at radius 2 is 2.06 bits per heavy atom. The number of benzene rings is 1. The zero-order valence-corrected chi connectivity index (χ0v) is 22.5. The molecule has 192 valence electrons. The number of carbonyl (C=O) groups is 2. The van der Waals surface area contributed by atoms with Crippen LogP contribution in [0.3, 0.4) is 0 Å². The largest absolute Gasteiger partial charge is 0.444 e. The smallest absolute Gasteiger partial charge is 0.410 e. The van der Waals surface area contributed by atoms with Gasteiger partial charge in [-0.25, -0.2) is 4.79 Å². The highest BCUT2D eigenvalue weighted by Crippen LogP contribution is 2.31. The van der Waals surface area contributed by atoms with Crippen molar-refractivity contribution < 1.29 is 23.8 Å². The first kappa shape index (κ1) is 25.9. The summed E-state index contributed by atoms with van der Waals surface area (Å²) in [6.45, 7) is 8.36. The van der Waals surface area contributed by atoms with Crippen molar-refractivity contribution in [3.63, 3.8) is 0 Å². The highest BCUT2D eigenvalue weighted by atomic mass is 79.9. The molecule has 1 saturated heterocycles. The van der Waals surface area contributed by atoms with Crippen molar-refractivity contribution in [2.45, 2.75) is 70.9 Å². The molecule has 1 atom stereocenters. The van der Waals surface area contributed by atoms with Gasteiger partial charge in [0.25, 0.3) is 5.91 Å². The Morgan fingerprint density at radius 3 is 2.74 bits per heavy atom. The molecule has 1 aliphatic carbocycles. The molecule has 0 radical (unpaired) electrons. The summed E-state index contributed by atoms with van der Waals surface area (Å²) < 4.78 is 19.3. The number of morpholine rings is 1. The molecule has 9 nitrogen and oxygen atoms in total. The monoisotopic (exact) mass is 550 g/mol. The van der Waals surface area contributed by atoms with Crippen LogP contribution in [-0.2, 0) is 32.1 Å². The van der Waals surface area contributed by atoms with Gasteiger partial charge >= 0.3 is 6.09 Å². The standard InChI is InChI=1S/C25H35BrN4O5/c1-25(2,3)35-24(32)28-11-13-34-21(16-28)23(31)29(18-7-8-18)15-17-6-9-19-20(14-17)30(27-22(19)26)10-5-12-33-4/h6,9,14,18,21H,5,7-8,10-13,15-16H2,1-4H3/t21-/m1/s1. The molecule has 10 heteroatoms. The molecular formula is C25H35BrN4O5. The fraction of sp³-hybridized carbons (Fsp3) is 0.640. The minimum Gasteiger partial charge on any atom is -0.444 e. The van der Waals surface area contributed by atoms with E-state index in [0.717, 1.165) is 46.9 Å². The lowest BCUT2D eigenvalue weighted by Crippen LogP contribution is -2.53. The molecule has 1 aliphatic heterocycles. The van der Waals surface area contributed by atoms with Crippen molar-refractivity contribution in [2.24, 2.45) is 0 Å². The van der Waals surface area contributed by atoms with Crippen molar-refractivity contribution >= 4 is 38.8 Å². The van der Waals surface area contributed by atoms with Gasteiger partial charge in [0, 0.05) is 44.8 Å². The third kappa shape index (κ3) is 6.54. The van der Waals surface area contributed by atoms with Crippen LogP contribution in [0.4, 0.5) is 4.79 Å². The third-order valence-corrected chi connectivity index (χ3v) is 6.69. The normalized spacial score (nSPS) is 18.7. The van der Waals surface area contributed by atoms with E-state index in [1.807, 2.05) is 42.5 Å². The SMILES string of the molecule is COCCCn1nc(Br)c2ccc(CN(C(=O)[C@H]3CN(C(=O)OC(C)(C)C)CCO3)C3CC3)cc21. The maximum absolute atomic E-state index is 13.5. The quantitative estimate of drug-likeness (QED) is 0.462. The van der Waals surface area contributed by atoms with E-state index in [1.165, 1.54) is 0 Å². The van der Waals surface area contributed by atoms with E-state index < -0.39 is 17.8 Å². The highest BCUT2D eigenvalue weighted by Gasteiger charge is 2.39. The van der Waals surface area contributed by atoms with Crippen molar-refractivity contribution in [2.75, 3.05) is 33.4 Å². The number of nitrogens with zero attached hydrogens (tertiary/aromatic N) is 4. The fourth-order valence-electron chi connectivity index (χ4n) is 4.25. The summed E-state index contributed by atoms with van der Waals surface area (Å²) in [4.78, 5) is 29.6. The molecule has 4 rings (SSSR count). The Kier molecular flexibility index (Phi) is 8.02. The topological polar surface area (TPSA) is 86.1 Å². The summed E-state index contributed by atoms with van der Waals surface area (Å²) in [5.41, 5.74) is 1.48. The summed E-state index contributed by atoms with van der Waals surface area (Å²) >= 11 is 3.56. The average molecular weight is 551 g/mol. The number of amides is 2. The molecule has 2 aliphatic rings. The number of aromatic nitrogens is 2. The molecule has 1 aromatic heterocycles. The second kappa shape index (κ2) is 10.8. The van der Waals surface area contributed by atoms with Gasteiger partial charge in [0.15, 0.2) is 6.10 Å². The van der Waals surface area contributed by atoms with Gasteiger partial charge < -0.3 is 24.0 Å². The van der Waals surface area contributed by atoms with Crippen molar-refractivity contribution in [1.82, 2.24) is 19.6 Å². The van der Waals surface area contributed by atoms with Gasteiger partial charge in [-0.3, -0.25) is 9.48 Å². The van der Waals surface area contributed by atoms with Crippen LogP contribution in [0, 0.1) is 0 Å². The lowest BCUT2D eigenvalue weighted by atomic mass is 10.1. The summed E-state index contributed by atoms with van der Waals surface area (Å²) in [7, 11) is 1.70. The zero-order valence-electron chi connectivity index (χ0n) is 21.0. The maximum Gasteiger partial charge on any atom is 0.410 e. The molecule has 1 aromatic carbocycles. The lowest BCUT2D eigenvalue weighted by Gasteiger charge is -2.36. The van der Waals surface area contributed by atoms with Crippen LogP contribution in [0.1, 0.15) is 45.6 Å². The van der Waals surface area contributed by atoms with Crippen LogP contribution < -0.4 is 0 Å². The number of hydrogen-bond donors (Lipinski definition) is 0. The number of methoxy groups -OCH3 is 1. The molecule has 0 unspecified atom stereocenters. The van der Waals surface area contributed by atoms with Gasteiger partial charge in [0.05, 0.1) is 18.7 Å². The van der Waals surface area contributed by atoms with Crippen molar-refractivity contribution in [3.05, 3.63) is 28.4 Å². The Bertz CT molecular complexity index is 1060. The zero-order chi connectivity index (χ0) is 25.2. The van der Waals surface area contributed by atoms with Gasteiger partial charge in [-0.15, -0.1) is 0 Å². The van der Waals surface area contributed by atoms with E-state index in [1.54, 1.807) is 12.0 Å². The molecule has 0 spiro atoms. The van der Waals surface area contributed by atoms with E-state index in [0.29, 0.717) is 26.3 Å². The second-order valence-electron chi connectivity index (χ2n) is 10.2. The number of halogens is 1. The predicted octanol–water partition coefficient (Wildman–Crippen LogP) is 3.96. The molecule has 35 heavy (non-hydrogen) atoms. The first-order chi connectivity index (χ1) is 16.7. The molecular weight excluding hydrogens is 516 g/mol. The number of aryl methyl sites for hydroxylation is 1. The van der Waals surface area contributed by atoms with E-state index in [2.05, 4.69) is 27.1 Å². The first-order valence-corrected chi connectivity index (χ1v) is 13.0. The summed E-state index contributed by atoms with van der Waals surface area (Å²) in [5, 5.41) is 5.66. The van der Waals surface area contributed by atoms with E-state index in [4.69, 9.17) is 14.2 Å². The summed E-state index contributed by atoms with van der Waals surface area (Å²) in [6, 6.07) is 6.41. The second-order valence-corrected chi connectivity index (χ2v) is 10.9. The van der Waals surface area contributed by atoms with Gasteiger partial charge in [-0.2, -0.15) is 5.10 Å². The Morgan fingerprint density at radius 1 is 1.29 bits per heavy atom. The number of rotatable bonds is 8. The van der Waals surface area contributed by atoms with Crippen LogP contribution >= 0.6 is 15.9 Å². The van der Waals surface area contributed by atoms with Crippen molar-refractivity contribution in [1.29, 1.82) is 0 Å². The minimum atomic E-state index is -0.686. The van der Waals surface area contributed by atoms with Crippen LogP contribution in [0.2, 0.25) is 0 Å². The minimum absolute atomic E-state index is 0.0735. The summed E-state index contributed by atoms with van der Waals surface area (Å²) in [6.07, 6.45) is 1.74. The van der Waals surface area contributed by atoms with Crippen LogP contribution in [-0.4, -0.2) is 82.7 Å². The Hall–Kier alpha value is -2.17. The summed E-state index contributed by atoms with van der Waals surface area (Å²) in [5.74, 6) is -0.0735. The van der Waals surface area contributed by atoms with Gasteiger partial charge in [-0.05, 0) is 73.7 Å². The van der Waals surface area contributed by atoms with Crippen molar-refractivity contribution in [3.8, 4) is 0 Å². The van der Waals surface area contributed by atoms with E-state index >= 15 is 0 Å². The number of hydrogen-bond acceptors (Lipinski definition) is 6. The maximum atomic E-state index is 13.5. The molecule has 2 amide bonds. The number of fused-ring (bicyclic) bond motifs is 1. The third-order valence-electron chi connectivity index (χ3n) is 6.11. The lowest BCUT2D eigenvalue weighted by molar-refractivity contribution is -0.150. The first-order valence-electron chi connectivity index (χ1n) is 12.2. The van der Waals surface area contributed by atoms with Gasteiger partial charge in [-0.1, -0.05) is 6.07 Å². The Balaban J connectivity index is 1.47. The molecule has 0 bridgehead atoms. The van der Waals surface area contributed by atoms with Gasteiger partial charge in [0.1, 0.15) is 10.2 Å². The highest BCUT2D eigenvalue weighted by molar-refractivity contribution is 9.10. The van der Waals surface area contributed by atoms with Gasteiger partial charge in [0.2, 0.25) is 0 Å². The van der Waals surface area contributed by atoms with Crippen LogP contribution in [0.25, 0.3) is 10.9 Å².